The van der Waals surface area contributed by atoms with Crippen LogP contribution in [0.2, 0.25) is 0 Å². The Morgan fingerprint density at radius 2 is 2.11 bits per heavy atom. The van der Waals surface area contributed by atoms with Crippen LogP contribution in [0.1, 0.15) is 36.2 Å². The van der Waals surface area contributed by atoms with Gasteiger partial charge in [-0.15, -0.1) is 0 Å². The quantitative estimate of drug-likeness (QED) is 0.854. The number of aryl methyl sites for hydroxylation is 1. The van der Waals surface area contributed by atoms with Crippen molar-refractivity contribution in [1.82, 2.24) is 20.0 Å². The molecule has 0 radical (unpaired) electrons. The number of alkyl halides is 2. The number of hydrogen-bond acceptors (Lipinski definition) is 3. The summed E-state index contributed by atoms with van der Waals surface area (Å²) in [6.45, 7) is 6.48. The van der Waals surface area contributed by atoms with E-state index < -0.39 is 24.2 Å². The summed E-state index contributed by atoms with van der Waals surface area (Å²) in [5.74, 6) is -0.858. The van der Waals surface area contributed by atoms with Crippen molar-refractivity contribution in [1.29, 1.82) is 0 Å². The van der Waals surface area contributed by atoms with Gasteiger partial charge in [-0.05, 0) is 30.7 Å². The molecular weight excluding hydrogens is 366 g/mol. The first-order valence-corrected chi connectivity index (χ1v) is 9.14. The lowest BCUT2D eigenvalue weighted by molar-refractivity contribution is -0.124. The van der Waals surface area contributed by atoms with E-state index in [0.29, 0.717) is 12.1 Å². The molecule has 0 bridgehead atoms. The van der Waals surface area contributed by atoms with Gasteiger partial charge in [-0.1, -0.05) is 19.9 Å². The van der Waals surface area contributed by atoms with Gasteiger partial charge in [-0.2, -0.15) is 5.10 Å². The van der Waals surface area contributed by atoms with Crippen molar-refractivity contribution in [2.45, 2.75) is 39.7 Å². The number of carbonyl (C=O) groups excluding carboxylic acids is 2. The van der Waals surface area contributed by atoms with Gasteiger partial charge >= 0.3 is 0 Å². The van der Waals surface area contributed by atoms with Gasteiger partial charge in [0.15, 0.2) is 0 Å². The van der Waals surface area contributed by atoms with E-state index >= 15 is 0 Å². The molecule has 6 nitrogen and oxygen atoms in total. The highest BCUT2D eigenvalue weighted by Crippen LogP contribution is 2.31. The fourth-order valence-electron chi connectivity index (χ4n) is 3.44. The number of likely N-dealkylation sites (tertiary alicyclic amines) is 1. The second-order valence-corrected chi connectivity index (χ2v) is 7.90. The highest BCUT2D eigenvalue weighted by atomic mass is 19.3. The lowest BCUT2D eigenvalue weighted by Gasteiger charge is -2.26. The van der Waals surface area contributed by atoms with Crippen LogP contribution in [0.15, 0.2) is 36.7 Å². The number of aromatic nitrogens is 2. The fourth-order valence-corrected chi connectivity index (χ4v) is 3.44. The Bertz CT molecular complexity index is 879. The molecule has 3 rings (SSSR count). The van der Waals surface area contributed by atoms with Crippen LogP contribution in [-0.4, -0.2) is 52.1 Å². The summed E-state index contributed by atoms with van der Waals surface area (Å²) in [5, 5.41) is 6.91. The van der Waals surface area contributed by atoms with Crippen molar-refractivity contribution >= 4 is 11.8 Å². The van der Waals surface area contributed by atoms with Crippen molar-refractivity contribution in [3.05, 3.63) is 47.8 Å². The van der Waals surface area contributed by atoms with Gasteiger partial charge in [0.2, 0.25) is 12.3 Å². The number of halogens is 2. The third kappa shape index (κ3) is 4.37. The number of hydrogen-bond donors (Lipinski definition) is 1. The Morgan fingerprint density at radius 1 is 1.36 bits per heavy atom. The smallest absolute Gasteiger partial charge is 0.254 e. The molecule has 1 aromatic carbocycles. The van der Waals surface area contributed by atoms with Gasteiger partial charge in [0.25, 0.3) is 5.91 Å². The predicted octanol–water partition coefficient (Wildman–Crippen LogP) is 2.80. The summed E-state index contributed by atoms with van der Waals surface area (Å²) >= 11 is 0. The Labute approximate surface area is 162 Å². The normalized spacial score (nSPS) is 18.5. The van der Waals surface area contributed by atoms with Crippen molar-refractivity contribution in [3.63, 3.8) is 0 Å². The first kappa shape index (κ1) is 20.0. The first-order valence-electron chi connectivity index (χ1n) is 9.14. The van der Waals surface area contributed by atoms with E-state index in [1.165, 1.54) is 0 Å². The molecule has 1 aliphatic rings. The van der Waals surface area contributed by atoms with Crippen LogP contribution in [-0.2, 0) is 4.79 Å². The molecule has 1 aliphatic heterocycles. The van der Waals surface area contributed by atoms with Crippen LogP contribution in [0.25, 0.3) is 5.69 Å². The van der Waals surface area contributed by atoms with Crippen molar-refractivity contribution in [2.24, 2.45) is 5.41 Å². The van der Waals surface area contributed by atoms with E-state index in [0.717, 1.165) is 11.3 Å². The minimum atomic E-state index is -2.68. The van der Waals surface area contributed by atoms with Crippen LogP contribution in [0.4, 0.5) is 8.78 Å². The minimum absolute atomic E-state index is 0.163. The molecule has 8 heteroatoms. The Balaban J connectivity index is 1.74. The Kier molecular flexibility index (Phi) is 5.49. The number of rotatable bonds is 5. The van der Waals surface area contributed by atoms with Gasteiger partial charge in [-0.25, -0.2) is 13.5 Å². The van der Waals surface area contributed by atoms with Crippen LogP contribution in [0.3, 0.4) is 0 Å². The molecule has 0 spiro atoms. The molecule has 1 atom stereocenters. The first-order chi connectivity index (χ1) is 13.2. The molecule has 1 fully saturated rings. The second kappa shape index (κ2) is 7.69. The van der Waals surface area contributed by atoms with Gasteiger partial charge in [0.05, 0.1) is 24.3 Å². The van der Waals surface area contributed by atoms with Crippen LogP contribution >= 0.6 is 0 Å². The van der Waals surface area contributed by atoms with Gasteiger partial charge in [0.1, 0.15) is 0 Å². The van der Waals surface area contributed by atoms with E-state index in [1.54, 1.807) is 34.0 Å². The maximum absolute atomic E-state index is 13.0. The van der Waals surface area contributed by atoms with Gasteiger partial charge < -0.3 is 10.2 Å². The zero-order valence-corrected chi connectivity index (χ0v) is 16.2. The van der Waals surface area contributed by atoms with Crippen LogP contribution < -0.4 is 5.32 Å². The summed E-state index contributed by atoms with van der Waals surface area (Å²) in [4.78, 5) is 26.4. The fraction of sp³-hybridized carbons (Fsp3) is 0.450. The van der Waals surface area contributed by atoms with Gasteiger partial charge in [0, 0.05) is 30.3 Å². The molecule has 2 aromatic rings. The van der Waals surface area contributed by atoms with Crippen molar-refractivity contribution in [2.75, 3.05) is 13.1 Å². The number of amides is 2. The minimum Gasteiger partial charge on any atom is -0.351 e. The van der Waals surface area contributed by atoms with E-state index in [2.05, 4.69) is 10.4 Å². The lowest BCUT2D eigenvalue weighted by atomic mass is 9.88. The third-order valence-electron chi connectivity index (χ3n) is 4.98. The van der Waals surface area contributed by atoms with Crippen molar-refractivity contribution < 1.29 is 18.4 Å². The molecule has 2 heterocycles. The number of benzene rings is 1. The SMILES string of the molecule is Cc1cnn(-c2cccc(C(=O)N3CC(NC(=O)CC(F)F)C(C)(C)C3)c2)c1. The topological polar surface area (TPSA) is 67.2 Å². The molecule has 2 amide bonds. The van der Waals surface area contributed by atoms with E-state index in [-0.39, 0.29) is 18.5 Å². The monoisotopic (exact) mass is 390 g/mol. The van der Waals surface area contributed by atoms with Crippen LogP contribution in [0, 0.1) is 12.3 Å². The molecule has 1 saturated heterocycles. The van der Waals surface area contributed by atoms with Gasteiger partial charge in [-0.3, -0.25) is 9.59 Å². The molecule has 150 valence electrons. The average Bonchev–Trinajstić information content (AvgIpc) is 3.17. The largest absolute Gasteiger partial charge is 0.351 e. The zero-order valence-electron chi connectivity index (χ0n) is 16.2. The number of nitrogens with zero attached hydrogens (tertiary/aromatic N) is 3. The summed E-state index contributed by atoms with van der Waals surface area (Å²) < 4.78 is 26.6. The molecule has 0 aliphatic carbocycles. The molecule has 28 heavy (non-hydrogen) atoms. The highest BCUT2D eigenvalue weighted by molar-refractivity contribution is 5.95. The summed E-state index contributed by atoms with van der Waals surface area (Å²) in [6.07, 6.45) is 0.101. The maximum atomic E-state index is 13.0. The zero-order chi connectivity index (χ0) is 20.5. The predicted molar refractivity (Wildman–Crippen MR) is 101 cm³/mol. The van der Waals surface area contributed by atoms with Crippen LogP contribution in [0.5, 0.6) is 0 Å². The summed E-state index contributed by atoms with van der Waals surface area (Å²) in [6, 6.07) is 6.79. The molecule has 1 aromatic heterocycles. The summed E-state index contributed by atoms with van der Waals surface area (Å²) in [5.41, 5.74) is 1.89. The molecule has 1 unspecified atom stereocenters. The molecule has 0 saturated carbocycles. The van der Waals surface area contributed by atoms with E-state index in [4.69, 9.17) is 0 Å². The second-order valence-electron chi connectivity index (χ2n) is 7.90. The lowest BCUT2D eigenvalue weighted by Crippen LogP contribution is -2.44. The number of carbonyl (C=O) groups is 2. The van der Waals surface area contributed by atoms with Crippen molar-refractivity contribution in [3.8, 4) is 5.69 Å². The summed E-state index contributed by atoms with van der Waals surface area (Å²) in [7, 11) is 0. The third-order valence-corrected chi connectivity index (χ3v) is 4.98. The van der Waals surface area contributed by atoms with E-state index in [1.807, 2.05) is 33.0 Å². The Hall–Kier alpha value is -2.77. The molecule has 1 N–H and O–H groups in total. The molecular formula is C20H24F2N4O2. The van der Waals surface area contributed by atoms with E-state index in [9.17, 15) is 18.4 Å². The maximum Gasteiger partial charge on any atom is 0.254 e. The standard InChI is InChI=1S/C20H24F2N4O2/c1-13-9-23-26(10-13)15-6-4-5-14(7-15)19(28)25-11-16(20(2,3)12-25)24-18(27)8-17(21)22/h4-7,9-10,16-17H,8,11-12H2,1-3H3,(H,24,27). The highest BCUT2D eigenvalue weighted by Gasteiger charge is 2.42. The number of nitrogens with one attached hydrogen (secondary N) is 1. The average molecular weight is 390 g/mol. The Morgan fingerprint density at radius 3 is 2.75 bits per heavy atom.